The molecule has 1 N–H and O–H groups in total. The van der Waals surface area contributed by atoms with Gasteiger partial charge in [0.15, 0.2) is 0 Å². The van der Waals surface area contributed by atoms with Gasteiger partial charge >= 0.3 is 0 Å². The molecule has 0 spiro atoms. The van der Waals surface area contributed by atoms with E-state index in [-0.39, 0.29) is 11.9 Å². The average molecular weight is 255 g/mol. The van der Waals surface area contributed by atoms with Crippen LogP contribution in [0.2, 0.25) is 0 Å². The highest BCUT2D eigenvalue weighted by Crippen LogP contribution is 2.11. The van der Waals surface area contributed by atoms with Crippen molar-refractivity contribution in [1.82, 2.24) is 9.62 Å². The Balaban J connectivity index is 2.42. The van der Waals surface area contributed by atoms with Crippen LogP contribution < -0.4 is 4.72 Å². The second-order valence-electron chi connectivity index (χ2n) is 3.62. The van der Waals surface area contributed by atoms with Crippen LogP contribution in [-0.2, 0) is 14.8 Å². The summed E-state index contributed by atoms with van der Waals surface area (Å²) in [5.74, 6) is 0.0358. The van der Waals surface area contributed by atoms with Crippen molar-refractivity contribution in [2.75, 3.05) is 18.3 Å². The van der Waals surface area contributed by atoms with Crippen molar-refractivity contribution in [3.05, 3.63) is 0 Å². The van der Waals surface area contributed by atoms with Crippen molar-refractivity contribution in [2.24, 2.45) is 0 Å². The Morgan fingerprint density at radius 3 is 2.40 bits per heavy atom. The topological polar surface area (TPSA) is 66.5 Å². The molecule has 5 nitrogen and oxygen atoms in total. The highest BCUT2D eigenvalue weighted by molar-refractivity contribution is 7.90. The maximum atomic E-state index is 11.2. The normalized spacial score (nSPS) is 19.2. The summed E-state index contributed by atoms with van der Waals surface area (Å²) in [7, 11) is -3.34. The highest BCUT2D eigenvalue weighted by atomic mass is 35.5. The van der Waals surface area contributed by atoms with Crippen molar-refractivity contribution in [3.8, 4) is 0 Å². The molecule has 7 heteroatoms. The van der Waals surface area contributed by atoms with E-state index in [4.69, 9.17) is 11.6 Å². The second kappa shape index (κ2) is 5.14. The molecule has 0 aliphatic carbocycles. The van der Waals surface area contributed by atoms with Gasteiger partial charge in [-0.05, 0) is 12.8 Å². The summed E-state index contributed by atoms with van der Waals surface area (Å²) in [6, 6.07) is -0.0932. The smallest absolute Gasteiger partial charge is 0.225 e. The van der Waals surface area contributed by atoms with Gasteiger partial charge in [0.05, 0.1) is 0 Å². The number of carbonyl (C=O) groups excluding carboxylic acids is 1. The predicted octanol–water partition coefficient (Wildman–Crippen LogP) is 0.113. The molecule has 15 heavy (non-hydrogen) atoms. The van der Waals surface area contributed by atoms with E-state index >= 15 is 0 Å². The van der Waals surface area contributed by atoms with Crippen LogP contribution in [0.25, 0.3) is 0 Å². The SMILES string of the molecule is CC(=O)N1CCC(NS(=O)(=O)CCl)CC1. The molecule has 1 fully saturated rings. The average Bonchev–Trinajstić information content (AvgIpc) is 2.18. The fourth-order valence-electron chi connectivity index (χ4n) is 1.60. The molecule has 88 valence electrons. The van der Waals surface area contributed by atoms with Gasteiger partial charge in [0, 0.05) is 26.1 Å². The van der Waals surface area contributed by atoms with Crippen LogP contribution >= 0.6 is 11.6 Å². The van der Waals surface area contributed by atoms with Crippen molar-refractivity contribution < 1.29 is 13.2 Å². The van der Waals surface area contributed by atoms with E-state index in [2.05, 4.69) is 4.72 Å². The molecule has 0 radical (unpaired) electrons. The first-order valence-electron chi connectivity index (χ1n) is 4.76. The maximum absolute atomic E-state index is 11.2. The summed E-state index contributed by atoms with van der Waals surface area (Å²) < 4.78 is 24.8. The summed E-state index contributed by atoms with van der Waals surface area (Å²) in [5, 5.41) is -0.417. The Morgan fingerprint density at radius 1 is 1.47 bits per heavy atom. The quantitative estimate of drug-likeness (QED) is 0.727. The van der Waals surface area contributed by atoms with Gasteiger partial charge in [-0.2, -0.15) is 0 Å². The molecular formula is C8H15ClN2O3S. The number of amides is 1. The number of sulfonamides is 1. The van der Waals surface area contributed by atoms with Gasteiger partial charge in [0.25, 0.3) is 0 Å². The molecule has 1 aliphatic heterocycles. The first-order chi connectivity index (χ1) is 6.94. The lowest BCUT2D eigenvalue weighted by molar-refractivity contribution is -0.129. The number of alkyl halides is 1. The summed E-state index contributed by atoms with van der Waals surface area (Å²) in [6.45, 7) is 2.72. The van der Waals surface area contributed by atoms with E-state index in [0.29, 0.717) is 25.9 Å². The minimum atomic E-state index is -3.34. The standard InChI is InChI=1S/C8H15ClN2O3S/c1-7(12)11-4-2-8(3-5-11)10-15(13,14)6-9/h8,10H,2-6H2,1H3. The van der Waals surface area contributed by atoms with E-state index in [0.717, 1.165) is 0 Å². The van der Waals surface area contributed by atoms with E-state index in [1.165, 1.54) is 6.92 Å². The fourth-order valence-corrected chi connectivity index (χ4v) is 2.59. The Labute approximate surface area is 94.8 Å². The molecule has 0 bridgehead atoms. The van der Waals surface area contributed by atoms with Crippen molar-refractivity contribution in [1.29, 1.82) is 0 Å². The molecule has 1 rings (SSSR count). The number of rotatable bonds is 3. The van der Waals surface area contributed by atoms with E-state index in [1.54, 1.807) is 4.90 Å². The molecule has 1 heterocycles. The summed E-state index contributed by atoms with van der Waals surface area (Å²) >= 11 is 5.28. The zero-order chi connectivity index (χ0) is 11.5. The third kappa shape index (κ3) is 3.96. The fraction of sp³-hybridized carbons (Fsp3) is 0.875. The van der Waals surface area contributed by atoms with Crippen LogP contribution in [0.5, 0.6) is 0 Å². The van der Waals surface area contributed by atoms with Crippen LogP contribution in [0.3, 0.4) is 0 Å². The molecule has 0 aromatic rings. The lowest BCUT2D eigenvalue weighted by Crippen LogP contribution is -2.46. The van der Waals surface area contributed by atoms with Crippen LogP contribution in [0.4, 0.5) is 0 Å². The molecule has 1 saturated heterocycles. The van der Waals surface area contributed by atoms with Gasteiger partial charge in [-0.15, -0.1) is 11.6 Å². The largest absolute Gasteiger partial charge is 0.343 e. The monoisotopic (exact) mass is 254 g/mol. The van der Waals surface area contributed by atoms with Crippen molar-refractivity contribution in [2.45, 2.75) is 25.8 Å². The number of likely N-dealkylation sites (tertiary alicyclic amines) is 1. The molecule has 1 aliphatic rings. The van der Waals surface area contributed by atoms with Gasteiger partial charge in [-0.1, -0.05) is 0 Å². The van der Waals surface area contributed by atoms with Gasteiger partial charge in [0.1, 0.15) is 5.21 Å². The number of nitrogens with zero attached hydrogens (tertiary/aromatic N) is 1. The molecule has 0 aromatic heterocycles. The zero-order valence-electron chi connectivity index (χ0n) is 8.57. The molecule has 0 unspecified atom stereocenters. The summed E-state index contributed by atoms with van der Waals surface area (Å²) in [4.78, 5) is 12.7. The lowest BCUT2D eigenvalue weighted by atomic mass is 10.1. The zero-order valence-corrected chi connectivity index (χ0v) is 10.1. The van der Waals surface area contributed by atoms with Crippen molar-refractivity contribution >= 4 is 27.5 Å². The Bertz CT molecular complexity index is 323. The maximum Gasteiger partial charge on any atom is 0.225 e. The van der Waals surface area contributed by atoms with Crippen LogP contribution in [0, 0.1) is 0 Å². The van der Waals surface area contributed by atoms with Crippen molar-refractivity contribution in [3.63, 3.8) is 0 Å². The van der Waals surface area contributed by atoms with Gasteiger partial charge in [0.2, 0.25) is 15.9 Å². The Morgan fingerprint density at radius 2 is 2.00 bits per heavy atom. The lowest BCUT2D eigenvalue weighted by Gasteiger charge is -2.31. The number of hydrogen-bond acceptors (Lipinski definition) is 3. The Hall–Kier alpha value is -0.330. The van der Waals surface area contributed by atoms with Gasteiger partial charge in [-0.3, -0.25) is 4.79 Å². The van der Waals surface area contributed by atoms with Crippen LogP contribution in [0.1, 0.15) is 19.8 Å². The van der Waals surface area contributed by atoms with Gasteiger partial charge in [-0.25, -0.2) is 13.1 Å². The third-order valence-corrected chi connectivity index (χ3v) is 4.27. The van der Waals surface area contributed by atoms with Gasteiger partial charge < -0.3 is 4.90 Å². The molecule has 0 atom stereocenters. The minimum absolute atomic E-state index is 0.0358. The van der Waals surface area contributed by atoms with Crippen LogP contribution in [-0.4, -0.2) is 43.6 Å². The molecular weight excluding hydrogens is 240 g/mol. The number of nitrogens with one attached hydrogen (secondary N) is 1. The first-order valence-corrected chi connectivity index (χ1v) is 6.95. The first kappa shape index (κ1) is 12.7. The number of halogens is 1. The molecule has 0 saturated carbocycles. The molecule has 0 aromatic carbocycles. The highest BCUT2D eigenvalue weighted by Gasteiger charge is 2.23. The number of piperidine rings is 1. The van der Waals surface area contributed by atoms with E-state index in [9.17, 15) is 13.2 Å². The van der Waals surface area contributed by atoms with E-state index < -0.39 is 15.2 Å². The van der Waals surface area contributed by atoms with Crippen LogP contribution in [0.15, 0.2) is 0 Å². The number of hydrogen-bond donors (Lipinski definition) is 1. The van der Waals surface area contributed by atoms with E-state index in [1.807, 2.05) is 0 Å². The Kier molecular flexibility index (Phi) is 4.36. The molecule has 1 amide bonds. The third-order valence-electron chi connectivity index (χ3n) is 2.43. The minimum Gasteiger partial charge on any atom is -0.343 e. The summed E-state index contributed by atoms with van der Waals surface area (Å²) in [5.41, 5.74) is 0. The predicted molar refractivity (Wildman–Crippen MR) is 58.1 cm³/mol. The number of carbonyl (C=O) groups is 1. The second-order valence-corrected chi connectivity index (χ2v) is 5.96. The summed E-state index contributed by atoms with van der Waals surface area (Å²) in [6.07, 6.45) is 1.30.